The Labute approximate surface area is 126 Å². The van der Waals surface area contributed by atoms with E-state index in [1.165, 1.54) is 12.8 Å². The second-order valence-corrected chi connectivity index (χ2v) is 5.90. The van der Waals surface area contributed by atoms with Gasteiger partial charge in [-0.05, 0) is 52.7 Å². The normalized spacial score (nSPS) is 23.0. The van der Waals surface area contributed by atoms with Crippen LogP contribution in [0.4, 0.5) is 0 Å². The zero-order valence-electron chi connectivity index (χ0n) is 13.0. The van der Waals surface area contributed by atoms with Crippen LogP contribution in [-0.2, 0) is 19.1 Å². The van der Waals surface area contributed by atoms with Crippen molar-refractivity contribution < 1.29 is 19.1 Å². The third-order valence-corrected chi connectivity index (χ3v) is 4.40. The number of hydrogen-bond donors (Lipinski definition) is 0. The molecule has 2 aliphatic rings. The predicted octanol–water partition coefficient (Wildman–Crippen LogP) is 0.651. The van der Waals surface area contributed by atoms with Gasteiger partial charge >= 0.3 is 11.9 Å². The van der Waals surface area contributed by atoms with Gasteiger partial charge in [0.15, 0.2) is 0 Å². The van der Waals surface area contributed by atoms with E-state index in [2.05, 4.69) is 21.6 Å². The number of hydrogen-bond acceptors (Lipinski definition) is 6. The molecule has 0 atom stereocenters. The zero-order valence-corrected chi connectivity index (χ0v) is 13.0. The second-order valence-electron chi connectivity index (χ2n) is 5.90. The molecule has 21 heavy (non-hydrogen) atoms. The molecular weight excluding hydrogens is 272 g/mol. The van der Waals surface area contributed by atoms with Gasteiger partial charge in [-0.3, -0.25) is 0 Å². The molecule has 0 aliphatic carbocycles. The molecule has 0 aromatic carbocycles. The van der Waals surface area contributed by atoms with E-state index < -0.39 is 11.9 Å². The summed E-state index contributed by atoms with van der Waals surface area (Å²) in [4.78, 5) is 27.6. The number of likely N-dealkylation sites (tertiary alicyclic amines) is 2. The first-order chi connectivity index (χ1) is 10.1. The number of piperidine rings is 2. The molecule has 2 rings (SSSR count). The van der Waals surface area contributed by atoms with Gasteiger partial charge in [0.2, 0.25) is 0 Å². The highest BCUT2D eigenvalue weighted by Gasteiger charge is 2.30. The molecule has 6 nitrogen and oxygen atoms in total. The van der Waals surface area contributed by atoms with Crippen LogP contribution < -0.4 is 0 Å². The number of esters is 2. The summed E-state index contributed by atoms with van der Waals surface area (Å²) in [5.74, 6) is -1.73. The SMILES string of the molecule is CCOC(=O)C(=O)OC1CCN(C2CCN(C)CC2)CC1. The molecule has 0 bridgehead atoms. The van der Waals surface area contributed by atoms with E-state index in [0.29, 0.717) is 6.04 Å². The topological polar surface area (TPSA) is 59.1 Å². The lowest BCUT2D eigenvalue weighted by Crippen LogP contribution is -2.48. The Morgan fingerprint density at radius 1 is 1.00 bits per heavy atom. The molecule has 2 saturated heterocycles. The van der Waals surface area contributed by atoms with Gasteiger partial charge in [-0.25, -0.2) is 9.59 Å². The van der Waals surface area contributed by atoms with Gasteiger partial charge < -0.3 is 19.3 Å². The average Bonchev–Trinajstić information content (AvgIpc) is 2.49. The van der Waals surface area contributed by atoms with Crippen LogP contribution in [0, 0.1) is 0 Å². The molecule has 0 unspecified atom stereocenters. The van der Waals surface area contributed by atoms with E-state index in [1.807, 2.05) is 0 Å². The Kier molecular flexibility index (Phi) is 5.99. The van der Waals surface area contributed by atoms with Crippen LogP contribution in [0.15, 0.2) is 0 Å². The summed E-state index contributed by atoms with van der Waals surface area (Å²) < 4.78 is 9.85. The molecule has 0 amide bonds. The standard InChI is InChI=1S/C15H26N2O4/c1-3-20-14(18)15(19)21-13-6-10-17(11-7-13)12-4-8-16(2)9-5-12/h12-13H,3-11H2,1-2H3. The lowest BCUT2D eigenvalue weighted by molar-refractivity contribution is -0.172. The van der Waals surface area contributed by atoms with E-state index in [1.54, 1.807) is 6.92 Å². The first-order valence-corrected chi connectivity index (χ1v) is 7.90. The number of ether oxygens (including phenoxy) is 2. The monoisotopic (exact) mass is 298 g/mol. The largest absolute Gasteiger partial charge is 0.458 e. The van der Waals surface area contributed by atoms with Crippen molar-refractivity contribution in [3.05, 3.63) is 0 Å². The van der Waals surface area contributed by atoms with Gasteiger partial charge in [0.05, 0.1) is 6.61 Å². The van der Waals surface area contributed by atoms with E-state index in [9.17, 15) is 9.59 Å². The summed E-state index contributed by atoms with van der Waals surface area (Å²) in [5, 5.41) is 0. The molecule has 6 heteroatoms. The summed E-state index contributed by atoms with van der Waals surface area (Å²) in [6.07, 6.45) is 3.88. The fraction of sp³-hybridized carbons (Fsp3) is 0.867. The first kappa shape index (κ1) is 16.2. The average molecular weight is 298 g/mol. The van der Waals surface area contributed by atoms with Crippen LogP contribution in [0.5, 0.6) is 0 Å². The molecule has 0 aromatic heterocycles. The Hall–Kier alpha value is -1.14. The summed E-state index contributed by atoms with van der Waals surface area (Å²) >= 11 is 0. The minimum Gasteiger partial charge on any atom is -0.458 e. The van der Waals surface area contributed by atoms with Crippen molar-refractivity contribution in [3.8, 4) is 0 Å². The molecule has 2 heterocycles. The third-order valence-electron chi connectivity index (χ3n) is 4.40. The van der Waals surface area contributed by atoms with Crippen molar-refractivity contribution in [1.29, 1.82) is 0 Å². The Morgan fingerprint density at radius 3 is 2.19 bits per heavy atom. The highest BCUT2D eigenvalue weighted by molar-refractivity contribution is 6.29. The van der Waals surface area contributed by atoms with Crippen molar-refractivity contribution in [2.75, 3.05) is 39.8 Å². The quantitative estimate of drug-likeness (QED) is 0.563. The van der Waals surface area contributed by atoms with Gasteiger partial charge in [-0.1, -0.05) is 0 Å². The minimum atomic E-state index is -0.879. The highest BCUT2D eigenvalue weighted by Crippen LogP contribution is 2.21. The molecular formula is C15H26N2O4. The van der Waals surface area contributed by atoms with Crippen LogP contribution in [0.25, 0.3) is 0 Å². The van der Waals surface area contributed by atoms with Gasteiger partial charge in [-0.15, -0.1) is 0 Å². The van der Waals surface area contributed by atoms with Gasteiger partial charge in [0.1, 0.15) is 6.10 Å². The molecule has 0 N–H and O–H groups in total. The maximum Gasteiger partial charge on any atom is 0.417 e. The van der Waals surface area contributed by atoms with Gasteiger partial charge in [0, 0.05) is 19.1 Å². The van der Waals surface area contributed by atoms with E-state index in [0.717, 1.165) is 39.0 Å². The molecule has 120 valence electrons. The maximum absolute atomic E-state index is 11.5. The van der Waals surface area contributed by atoms with Crippen LogP contribution in [0.1, 0.15) is 32.6 Å². The second kappa shape index (κ2) is 7.75. The smallest absolute Gasteiger partial charge is 0.417 e. The summed E-state index contributed by atoms with van der Waals surface area (Å²) in [6.45, 7) is 6.06. The summed E-state index contributed by atoms with van der Waals surface area (Å²) in [5.41, 5.74) is 0. The zero-order chi connectivity index (χ0) is 15.2. The van der Waals surface area contributed by atoms with Crippen LogP contribution in [-0.4, -0.2) is 73.7 Å². The number of carbonyl (C=O) groups is 2. The first-order valence-electron chi connectivity index (χ1n) is 7.90. The fourth-order valence-electron chi connectivity index (χ4n) is 3.11. The van der Waals surface area contributed by atoms with Gasteiger partial charge in [0.25, 0.3) is 0 Å². The van der Waals surface area contributed by atoms with Crippen LogP contribution in [0.2, 0.25) is 0 Å². The molecule has 0 aromatic rings. The summed E-state index contributed by atoms with van der Waals surface area (Å²) in [6, 6.07) is 0.655. The predicted molar refractivity (Wildman–Crippen MR) is 77.8 cm³/mol. The number of rotatable bonds is 3. The molecule has 0 radical (unpaired) electrons. The Balaban J connectivity index is 1.70. The van der Waals surface area contributed by atoms with E-state index in [4.69, 9.17) is 4.74 Å². The maximum atomic E-state index is 11.5. The van der Waals surface area contributed by atoms with E-state index >= 15 is 0 Å². The molecule has 0 spiro atoms. The van der Waals surface area contributed by atoms with Crippen LogP contribution in [0.3, 0.4) is 0 Å². The van der Waals surface area contributed by atoms with Crippen LogP contribution >= 0.6 is 0 Å². The minimum absolute atomic E-state index is 0.149. The van der Waals surface area contributed by atoms with Crippen molar-refractivity contribution in [3.63, 3.8) is 0 Å². The Morgan fingerprint density at radius 2 is 1.62 bits per heavy atom. The molecule has 2 fully saturated rings. The van der Waals surface area contributed by atoms with Crippen molar-refractivity contribution in [1.82, 2.24) is 9.80 Å². The summed E-state index contributed by atoms with van der Waals surface area (Å²) in [7, 11) is 2.16. The third kappa shape index (κ3) is 4.68. The lowest BCUT2D eigenvalue weighted by Gasteiger charge is -2.40. The number of carbonyl (C=O) groups excluding carboxylic acids is 2. The molecule has 2 aliphatic heterocycles. The lowest BCUT2D eigenvalue weighted by atomic mass is 9.99. The Bertz CT molecular complexity index is 359. The van der Waals surface area contributed by atoms with E-state index in [-0.39, 0.29) is 12.7 Å². The van der Waals surface area contributed by atoms with Crippen molar-refractivity contribution >= 4 is 11.9 Å². The molecule has 0 saturated carbocycles. The number of nitrogens with zero attached hydrogens (tertiary/aromatic N) is 2. The highest BCUT2D eigenvalue weighted by atomic mass is 16.6. The van der Waals surface area contributed by atoms with Crippen molar-refractivity contribution in [2.24, 2.45) is 0 Å². The van der Waals surface area contributed by atoms with Crippen molar-refractivity contribution in [2.45, 2.75) is 44.8 Å². The van der Waals surface area contributed by atoms with Gasteiger partial charge in [-0.2, -0.15) is 0 Å². The fourth-order valence-corrected chi connectivity index (χ4v) is 3.11.